The van der Waals surface area contributed by atoms with Crippen molar-refractivity contribution in [3.63, 3.8) is 0 Å². The van der Waals surface area contributed by atoms with Crippen LogP contribution in [0.4, 0.5) is 10.1 Å². The lowest BCUT2D eigenvalue weighted by molar-refractivity contribution is 0.0358. The first-order valence-electron chi connectivity index (χ1n) is 9.81. The fraction of sp³-hybridized carbons (Fsp3) is 0.409. The first-order valence-corrected chi connectivity index (χ1v) is 10.2. The van der Waals surface area contributed by atoms with E-state index in [1.165, 1.54) is 6.07 Å². The van der Waals surface area contributed by atoms with Crippen molar-refractivity contribution >= 4 is 23.0 Å². The summed E-state index contributed by atoms with van der Waals surface area (Å²) in [6, 6.07) is 12.7. The highest BCUT2D eigenvalue weighted by Gasteiger charge is 2.17. The second-order valence-electron chi connectivity index (χ2n) is 7.10. The van der Waals surface area contributed by atoms with Crippen molar-refractivity contribution in [1.29, 1.82) is 0 Å². The number of benzene rings is 2. The van der Waals surface area contributed by atoms with Crippen molar-refractivity contribution in [2.24, 2.45) is 0 Å². The van der Waals surface area contributed by atoms with E-state index in [0.717, 1.165) is 49.8 Å². The van der Waals surface area contributed by atoms with Gasteiger partial charge in [0.1, 0.15) is 11.6 Å². The Bertz CT molecular complexity index is 827. The summed E-state index contributed by atoms with van der Waals surface area (Å²) in [5.41, 5.74) is 2.52. The van der Waals surface area contributed by atoms with Crippen LogP contribution in [-0.2, 0) is 11.3 Å². The van der Waals surface area contributed by atoms with Gasteiger partial charge in [-0.25, -0.2) is 4.39 Å². The third-order valence-corrected chi connectivity index (χ3v) is 5.35. The molecule has 0 saturated carbocycles. The largest absolute Gasteiger partial charge is 0.495 e. The summed E-state index contributed by atoms with van der Waals surface area (Å²) in [4.78, 5) is 4.34. The number of hydrogen-bond donors (Lipinski definition) is 1. The van der Waals surface area contributed by atoms with Crippen LogP contribution in [0.2, 0.25) is 0 Å². The van der Waals surface area contributed by atoms with Crippen LogP contribution in [-0.4, -0.2) is 61.4 Å². The molecule has 1 saturated heterocycles. The van der Waals surface area contributed by atoms with Crippen LogP contribution in [0.3, 0.4) is 0 Å². The van der Waals surface area contributed by atoms with Crippen molar-refractivity contribution in [2.75, 3.05) is 51.8 Å². The first-order chi connectivity index (χ1) is 14.1. The fourth-order valence-corrected chi connectivity index (χ4v) is 3.53. The Kier molecular flexibility index (Phi) is 7.80. The summed E-state index contributed by atoms with van der Waals surface area (Å²) in [6.07, 6.45) is 0. The van der Waals surface area contributed by atoms with Crippen molar-refractivity contribution < 1.29 is 13.9 Å². The van der Waals surface area contributed by atoms with Gasteiger partial charge in [0.15, 0.2) is 5.11 Å². The highest BCUT2D eigenvalue weighted by Crippen LogP contribution is 2.26. The summed E-state index contributed by atoms with van der Waals surface area (Å²) in [5.74, 6) is 0.506. The van der Waals surface area contributed by atoms with E-state index in [-0.39, 0.29) is 5.82 Å². The third kappa shape index (κ3) is 6.13. The lowest BCUT2D eigenvalue weighted by Gasteiger charge is -2.31. The molecule has 0 unspecified atom stereocenters. The molecule has 0 spiro atoms. The number of nitrogens with zero attached hydrogens (tertiary/aromatic N) is 2. The molecule has 156 valence electrons. The van der Waals surface area contributed by atoms with Gasteiger partial charge in [-0.15, -0.1) is 0 Å². The molecule has 5 nitrogen and oxygen atoms in total. The van der Waals surface area contributed by atoms with Gasteiger partial charge in [-0.05, 0) is 42.9 Å². The molecule has 1 aliphatic heterocycles. The van der Waals surface area contributed by atoms with E-state index in [4.69, 9.17) is 21.7 Å². The van der Waals surface area contributed by atoms with E-state index in [1.807, 2.05) is 36.1 Å². The molecule has 1 N–H and O–H groups in total. The van der Waals surface area contributed by atoms with Crippen LogP contribution in [0.15, 0.2) is 42.5 Å². The van der Waals surface area contributed by atoms with Gasteiger partial charge in [0.05, 0.1) is 26.0 Å². The number of aryl methyl sites for hydroxylation is 1. The Morgan fingerprint density at radius 2 is 2.00 bits per heavy atom. The number of ether oxygens (including phenoxy) is 2. The maximum absolute atomic E-state index is 14.3. The zero-order chi connectivity index (χ0) is 20.6. The molecule has 1 heterocycles. The molecule has 0 radical (unpaired) electrons. The highest BCUT2D eigenvalue weighted by molar-refractivity contribution is 7.80. The monoisotopic (exact) mass is 417 g/mol. The molecule has 0 aromatic heterocycles. The van der Waals surface area contributed by atoms with E-state index in [2.05, 4.69) is 10.2 Å². The Morgan fingerprint density at radius 1 is 1.24 bits per heavy atom. The topological polar surface area (TPSA) is 37.0 Å². The molecule has 1 fully saturated rings. The molecule has 0 bridgehead atoms. The van der Waals surface area contributed by atoms with Crippen molar-refractivity contribution in [2.45, 2.75) is 13.5 Å². The van der Waals surface area contributed by atoms with E-state index in [9.17, 15) is 4.39 Å². The lowest BCUT2D eigenvalue weighted by atomic mass is 10.2. The standard InChI is InChI=1S/C22H28FN3O2S/c1-17-7-8-20(21(15-17)27-2)24-22(29)26(10-9-25-11-13-28-14-12-25)16-18-5-3-4-6-19(18)23/h3-8,15H,9-14,16H2,1-2H3,(H,24,29). The van der Waals surface area contributed by atoms with E-state index >= 15 is 0 Å². The molecule has 2 aromatic rings. The molecule has 1 aliphatic rings. The van der Waals surface area contributed by atoms with Crippen LogP contribution in [0, 0.1) is 12.7 Å². The molecule has 29 heavy (non-hydrogen) atoms. The maximum Gasteiger partial charge on any atom is 0.173 e. The molecule has 0 aliphatic carbocycles. The average Bonchev–Trinajstić information content (AvgIpc) is 2.74. The van der Waals surface area contributed by atoms with Crippen molar-refractivity contribution in [3.8, 4) is 5.75 Å². The Balaban J connectivity index is 1.73. The molecule has 0 amide bonds. The highest BCUT2D eigenvalue weighted by atomic mass is 32.1. The summed E-state index contributed by atoms with van der Waals surface area (Å²) in [7, 11) is 1.64. The van der Waals surface area contributed by atoms with Gasteiger partial charge < -0.3 is 19.7 Å². The Morgan fingerprint density at radius 3 is 2.72 bits per heavy atom. The molecule has 7 heteroatoms. The van der Waals surface area contributed by atoms with Crippen LogP contribution in [0.1, 0.15) is 11.1 Å². The quantitative estimate of drug-likeness (QED) is 0.693. The molecule has 3 rings (SSSR count). The van der Waals surface area contributed by atoms with Crippen LogP contribution in [0.5, 0.6) is 5.75 Å². The van der Waals surface area contributed by atoms with Crippen LogP contribution in [0.25, 0.3) is 0 Å². The number of anilines is 1. The SMILES string of the molecule is COc1cc(C)ccc1NC(=S)N(CCN1CCOCC1)Cc1ccccc1F. The van der Waals surface area contributed by atoms with Gasteiger partial charge in [0.2, 0.25) is 0 Å². The minimum Gasteiger partial charge on any atom is -0.495 e. The predicted octanol–water partition coefficient (Wildman–Crippen LogP) is 3.67. The number of morpholine rings is 1. The number of hydrogen-bond acceptors (Lipinski definition) is 4. The van der Waals surface area contributed by atoms with Gasteiger partial charge in [0.25, 0.3) is 0 Å². The van der Waals surface area contributed by atoms with Crippen molar-refractivity contribution in [3.05, 3.63) is 59.4 Å². The number of thiocarbonyl (C=S) groups is 1. The fourth-order valence-electron chi connectivity index (χ4n) is 3.27. The number of rotatable bonds is 7. The normalized spacial score (nSPS) is 14.4. The Labute approximate surface area is 177 Å². The van der Waals surface area contributed by atoms with Gasteiger partial charge >= 0.3 is 0 Å². The summed E-state index contributed by atoms with van der Waals surface area (Å²) in [5, 5.41) is 3.83. The number of nitrogens with one attached hydrogen (secondary N) is 1. The van der Waals surface area contributed by atoms with E-state index in [0.29, 0.717) is 23.8 Å². The van der Waals surface area contributed by atoms with Gasteiger partial charge in [0, 0.05) is 38.3 Å². The summed E-state index contributed by atoms with van der Waals surface area (Å²) in [6.45, 7) is 7.24. The molecular formula is C22H28FN3O2S. The second kappa shape index (κ2) is 10.5. The minimum atomic E-state index is -0.223. The summed E-state index contributed by atoms with van der Waals surface area (Å²) < 4.78 is 25.2. The molecular weight excluding hydrogens is 389 g/mol. The average molecular weight is 418 g/mol. The van der Waals surface area contributed by atoms with E-state index < -0.39 is 0 Å². The van der Waals surface area contributed by atoms with Crippen molar-refractivity contribution in [1.82, 2.24) is 9.80 Å². The second-order valence-corrected chi connectivity index (χ2v) is 7.49. The maximum atomic E-state index is 14.3. The lowest BCUT2D eigenvalue weighted by Crippen LogP contribution is -2.44. The zero-order valence-electron chi connectivity index (χ0n) is 17.0. The van der Waals surface area contributed by atoms with E-state index in [1.54, 1.807) is 19.2 Å². The number of halogens is 1. The first kappa shape index (κ1) is 21.5. The summed E-state index contributed by atoms with van der Waals surface area (Å²) >= 11 is 5.70. The van der Waals surface area contributed by atoms with Gasteiger partial charge in [-0.1, -0.05) is 24.3 Å². The van der Waals surface area contributed by atoms with Gasteiger partial charge in [-0.2, -0.15) is 0 Å². The van der Waals surface area contributed by atoms with Crippen LogP contribution < -0.4 is 10.1 Å². The minimum absolute atomic E-state index is 0.223. The predicted molar refractivity (Wildman–Crippen MR) is 118 cm³/mol. The smallest absolute Gasteiger partial charge is 0.173 e. The Hall–Kier alpha value is -2.22. The molecule has 2 aromatic carbocycles. The number of methoxy groups -OCH3 is 1. The van der Waals surface area contributed by atoms with Gasteiger partial charge in [-0.3, -0.25) is 4.90 Å². The molecule has 0 atom stereocenters. The van der Waals surface area contributed by atoms with Crippen LogP contribution >= 0.6 is 12.2 Å². The zero-order valence-corrected chi connectivity index (χ0v) is 17.8. The third-order valence-electron chi connectivity index (χ3n) is 4.99.